The molecule has 3 rings (SSSR count). The summed E-state index contributed by atoms with van der Waals surface area (Å²) in [5.41, 5.74) is 1.33. The maximum Gasteiger partial charge on any atom is 0.306 e. The van der Waals surface area contributed by atoms with Crippen LogP contribution in [0.5, 0.6) is 0 Å². The summed E-state index contributed by atoms with van der Waals surface area (Å²) < 4.78 is 1.14. The van der Waals surface area contributed by atoms with E-state index in [0.29, 0.717) is 18.8 Å². The molecule has 2 atom stereocenters. The molecule has 4 nitrogen and oxygen atoms in total. The SMILES string of the molecule is O=C(O)C1CCCC(C(=O)N2CCC(c3ccccc3Br)CC2)C1. The number of aliphatic carboxylic acids is 1. The Morgan fingerprint density at radius 1 is 1.04 bits per heavy atom. The van der Waals surface area contributed by atoms with Crippen LogP contribution in [0, 0.1) is 11.8 Å². The Balaban J connectivity index is 1.57. The number of amides is 1. The third-order valence-electron chi connectivity index (χ3n) is 5.52. The number of hydrogen-bond donors (Lipinski definition) is 1. The maximum atomic E-state index is 12.8. The second-order valence-corrected chi connectivity index (χ2v) is 7.87. The molecule has 1 heterocycles. The standard InChI is InChI=1S/C19H24BrNO3/c20-17-7-2-1-6-16(17)13-8-10-21(11-9-13)18(22)14-4-3-5-15(12-14)19(23)24/h1-2,6-7,13-15H,3-5,8-12H2,(H,23,24). The lowest BCUT2D eigenvalue weighted by molar-refractivity contribution is -0.145. The third-order valence-corrected chi connectivity index (χ3v) is 6.25. The molecule has 0 spiro atoms. The topological polar surface area (TPSA) is 57.6 Å². The highest BCUT2D eigenvalue weighted by atomic mass is 79.9. The minimum atomic E-state index is -0.750. The summed E-state index contributed by atoms with van der Waals surface area (Å²) >= 11 is 3.62. The number of likely N-dealkylation sites (tertiary alicyclic amines) is 1. The average molecular weight is 394 g/mol. The molecule has 1 aromatic carbocycles. The van der Waals surface area contributed by atoms with Crippen molar-refractivity contribution in [1.29, 1.82) is 0 Å². The number of benzene rings is 1. The van der Waals surface area contributed by atoms with Gasteiger partial charge in [-0.2, -0.15) is 0 Å². The minimum absolute atomic E-state index is 0.0974. The summed E-state index contributed by atoms with van der Waals surface area (Å²) in [6.07, 6.45) is 4.86. The molecule has 2 aliphatic rings. The molecule has 2 unspecified atom stereocenters. The fourth-order valence-electron chi connectivity index (χ4n) is 4.11. The Bertz CT molecular complexity index is 610. The van der Waals surface area contributed by atoms with E-state index >= 15 is 0 Å². The summed E-state index contributed by atoms with van der Waals surface area (Å²) in [4.78, 5) is 25.9. The predicted octanol–water partition coefficient (Wildman–Crippen LogP) is 4.05. The molecule has 5 heteroatoms. The second kappa shape index (κ2) is 7.68. The van der Waals surface area contributed by atoms with Gasteiger partial charge in [0.05, 0.1) is 5.92 Å². The van der Waals surface area contributed by atoms with Crippen LogP contribution in [0.15, 0.2) is 28.7 Å². The molecule has 1 aromatic rings. The number of carboxylic acid groups (broad SMARTS) is 1. The molecule has 0 bridgehead atoms. The number of carbonyl (C=O) groups excluding carboxylic acids is 1. The lowest BCUT2D eigenvalue weighted by atomic mass is 9.80. The Labute approximate surface area is 151 Å². The Kier molecular flexibility index (Phi) is 5.59. The lowest BCUT2D eigenvalue weighted by Gasteiger charge is -2.36. The molecule has 1 saturated carbocycles. The number of halogens is 1. The summed E-state index contributed by atoms with van der Waals surface area (Å²) in [5.74, 6) is -0.528. The van der Waals surface area contributed by atoms with Crippen LogP contribution in [0.25, 0.3) is 0 Å². The largest absolute Gasteiger partial charge is 0.481 e. The van der Waals surface area contributed by atoms with Crippen molar-refractivity contribution in [3.05, 3.63) is 34.3 Å². The lowest BCUT2D eigenvalue weighted by Crippen LogP contribution is -2.43. The van der Waals surface area contributed by atoms with Crippen LogP contribution in [-0.2, 0) is 9.59 Å². The van der Waals surface area contributed by atoms with Gasteiger partial charge in [-0.3, -0.25) is 9.59 Å². The van der Waals surface area contributed by atoms with Crippen molar-refractivity contribution in [3.63, 3.8) is 0 Å². The Hall–Kier alpha value is -1.36. The van der Waals surface area contributed by atoms with Gasteiger partial charge in [-0.15, -0.1) is 0 Å². The number of nitrogens with zero attached hydrogens (tertiary/aromatic N) is 1. The van der Waals surface area contributed by atoms with Gasteiger partial charge in [-0.25, -0.2) is 0 Å². The molecular weight excluding hydrogens is 370 g/mol. The van der Waals surface area contributed by atoms with Gasteiger partial charge in [0.1, 0.15) is 0 Å². The fourth-order valence-corrected chi connectivity index (χ4v) is 4.72. The molecule has 0 radical (unpaired) electrons. The van der Waals surface area contributed by atoms with Crippen molar-refractivity contribution in [2.75, 3.05) is 13.1 Å². The minimum Gasteiger partial charge on any atom is -0.481 e. The molecule has 130 valence electrons. The van der Waals surface area contributed by atoms with E-state index in [2.05, 4.69) is 34.1 Å². The van der Waals surface area contributed by atoms with Crippen LogP contribution >= 0.6 is 15.9 Å². The van der Waals surface area contributed by atoms with Gasteiger partial charge < -0.3 is 10.0 Å². The van der Waals surface area contributed by atoms with Crippen LogP contribution in [-0.4, -0.2) is 35.0 Å². The molecular formula is C19H24BrNO3. The van der Waals surface area contributed by atoms with E-state index in [1.54, 1.807) is 0 Å². The van der Waals surface area contributed by atoms with Gasteiger partial charge >= 0.3 is 5.97 Å². The van der Waals surface area contributed by atoms with Crippen LogP contribution in [0.3, 0.4) is 0 Å². The summed E-state index contributed by atoms with van der Waals surface area (Å²) in [5, 5.41) is 9.21. The van der Waals surface area contributed by atoms with Crippen molar-refractivity contribution >= 4 is 27.8 Å². The van der Waals surface area contributed by atoms with Gasteiger partial charge in [-0.1, -0.05) is 40.5 Å². The van der Waals surface area contributed by atoms with Crippen molar-refractivity contribution in [1.82, 2.24) is 4.90 Å². The first kappa shape index (κ1) is 17.5. The van der Waals surface area contributed by atoms with E-state index in [4.69, 9.17) is 0 Å². The van der Waals surface area contributed by atoms with E-state index in [9.17, 15) is 14.7 Å². The average Bonchev–Trinajstić information content (AvgIpc) is 2.62. The fraction of sp³-hybridized carbons (Fsp3) is 0.579. The highest BCUT2D eigenvalue weighted by Gasteiger charge is 2.34. The third kappa shape index (κ3) is 3.82. The zero-order valence-corrected chi connectivity index (χ0v) is 15.4. The summed E-state index contributed by atoms with van der Waals surface area (Å²) in [6.45, 7) is 1.55. The van der Waals surface area contributed by atoms with E-state index in [1.807, 2.05) is 11.0 Å². The molecule has 1 aliphatic heterocycles. The summed E-state index contributed by atoms with van der Waals surface area (Å²) in [6, 6.07) is 8.31. The molecule has 2 fully saturated rings. The van der Waals surface area contributed by atoms with Gasteiger partial charge in [-0.05, 0) is 49.7 Å². The number of carboxylic acids is 1. The van der Waals surface area contributed by atoms with Crippen LogP contribution in [0.4, 0.5) is 0 Å². The van der Waals surface area contributed by atoms with Gasteiger partial charge in [0.2, 0.25) is 5.91 Å². The maximum absolute atomic E-state index is 12.8. The Morgan fingerprint density at radius 3 is 2.38 bits per heavy atom. The monoisotopic (exact) mass is 393 g/mol. The van der Waals surface area contributed by atoms with Crippen molar-refractivity contribution in [2.24, 2.45) is 11.8 Å². The zero-order chi connectivity index (χ0) is 17.1. The van der Waals surface area contributed by atoms with Crippen molar-refractivity contribution in [3.8, 4) is 0 Å². The van der Waals surface area contributed by atoms with E-state index in [-0.39, 0.29) is 17.7 Å². The Morgan fingerprint density at radius 2 is 1.71 bits per heavy atom. The molecule has 1 N–H and O–H groups in total. The van der Waals surface area contributed by atoms with Crippen molar-refractivity contribution < 1.29 is 14.7 Å². The quantitative estimate of drug-likeness (QED) is 0.842. The van der Waals surface area contributed by atoms with E-state index in [1.165, 1.54) is 5.56 Å². The highest BCUT2D eigenvalue weighted by Crippen LogP contribution is 2.35. The number of rotatable bonds is 3. The van der Waals surface area contributed by atoms with Crippen LogP contribution < -0.4 is 0 Å². The first-order valence-electron chi connectivity index (χ1n) is 8.82. The van der Waals surface area contributed by atoms with E-state index < -0.39 is 5.97 Å². The van der Waals surface area contributed by atoms with E-state index in [0.717, 1.165) is 43.2 Å². The molecule has 1 saturated heterocycles. The molecule has 1 amide bonds. The summed E-state index contributed by atoms with van der Waals surface area (Å²) in [7, 11) is 0. The number of hydrogen-bond acceptors (Lipinski definition) is 2. The van der Waals surface area contributed by atoms with Crippen LogP contribution in [0.1, 0.15) is 50.0 Å². The van der Waals surface area contributed by atoms with Gasteiger partial charge in [0.25, 0.3) is 0 Å². The zero-order valence-electron chi connectivity index (χ0n) is 13.8. The normalized spacial score (nSPS) is 25.5. The molecule has 24 heavy (non-hydrogen) atoms. The first-order valence-corrected chi connectivity index (χ1v) is 9.61. The van der Waals surface area contributed by atoms with Gasteiger partial charge in [0, 0.05) is 23.5 Å². The molecule has 0 aromatic heterocycles. The van der Waals surface area contributed by atoms with Crippen LogP contribution in [0.2, 0.25) is 0 Å². The van der Waals surface area contributed by atoms with Gasteiger partial charge in [0.15, 0.2) is 0 Å². The first-order chi connectivity index (χ1) is 11.6. The second-order valence-electron chi connectivity index (χ2n) is 7.02. The smallest absolute Gasteiger partial charge is 0.306 e. The number of piperidine rings is 1. The molecule has 1 aliphatic carbocycles. The number of carbonyl (C=O) groups is 2. The highest BCUT2D eigenvalue weighted by molar-refractivity contribution is 9.10. The van der Waals surface area contributed by atoms with Crippen molar-refractivity contribution in [2.45, 2.75) is 44.4 Å². The predicted molar refractivity (Wildman–Crippen MR) is 95.8 cm³/mol.